The van der Waals surface area contributed by atoms with Gasteiger partial charge in [-0.15, -0.1) is 5.06 Å². The summed E-state index contributed by atoms with van der Waals surface area (Å²) in [4.78, 5) is 87.6. The van der Waals surface area contributed by atoms with Gasteiger partial charge in [0.15, 0.2) is 0 Å². The molecule has 3 atom stereocenters. The van der Waals surface area contributed by atoms with Crippen LogP contribution < -0.4 is 5.32 Å². The minimum absolute atomic E-state index is 0.0335. The minimum atomic E-state index is -1.12. The molecule has 1 aromatic carbocycles. The lowest BCUT2D eigenvalue weighted by Gasteiger charge is -2.42. The van der Waals surface area contributed by atoms with Crippen LogP contribution in [0.1, 0.15) is 94.6 Å². The number of nitrogens with one attached hydrogen (secondary N) is 1. The maximum atomic E-state index is 14.7. The first kappa shape index (κ1) is 41.7. The number of fused-ring (bicyclic) bond motifs is 1. The maximum Gasteiger partial charge on any atom is 0.410 e. The Bertz CT molecular complexity index is 1730. The van der Waals surface area contributed by atoms with E-state index in [4.69, 9.17) is 9.57 Å². The highest BCUT2D eigenvalue weighted by Crippen LogP contribution is 2.37. The van der Waals surface area contributed by atoms with E-state index >= 15 is 0 Å². The smallest absolute Gasteiger partial charge is 0.410 e. The highest BCUT2D eigenvalue weighted by molar-refractivity contribution is 6.02. The molecule has 13 heteroatoms. The Balaban J connectivity index is 2.02. The number of carbonyl (C=O) groups excluding carboxylic acids is 6. The fourth-order valence-corrected chi connectivity index (χ4v) is 6.54. The molecule has 1 aliphatic heterocycles. The van der Waals surface area contributed by atoms with E-state index in [1.54, 1.807) is 33.9 Å². The zero-order chi connectivity index (χ0) is 39.7. The third-order valence-electron chi connectivity index (χ3n) is 9.39. The predicted molar refractivity (Wildman–Crippen MR) is 197 cm³/mol. The van der Waals surface area contributed by atoms with Crippen molar-refractivity contribution in [2.75, 3.05) is 14.1 Å². The van der Waals surface area contributed by atoms with E-state index in [9.17, 15) is 28.8 Å². The Morgan fingerprint density at radius 3 is 1.98 bits per heavy atom. The number of hydrogen-bond donors (Lipinski definition) is 1. The molecule has 0 unspecified atom stereocenters. The van der Waals surface area contributed by atoms with Gasteiger partial charge in [0.05, 0.1) is 6.04 Å². The lowest BCUT2D eigenvalue weighted by molar-refractivity contribution is -0.194. The molecule has 1 aliphatic rings. The number of likely N-dealkylation sites (N-methyl/N-ethyl adjacent to an activating group) is 2. The second kappa shape index (κ2) is 15.5. The second-order valence-electron chi connectivity index (χ2n) is 16.7. The van der Waals surface area contributed by atoms with Crippen molar-refractivity contribution in [3.05, 3.63) is 47.7 Å². The van der Waals surface area contributed by atoms with Gasteiger partial charge in [-0.1, -0.05) is 72.7 Å². The summed E-state index contributed by atoms with van der Waals surface area (Å²) in [6, 6.07) is 4.99. The molecule has 13 nitrogen and oxygen atoms in total. The number of benzene rings is 1. The van der Waals surface area contributed by atoms with Crippen molar-refractivity contribution in [2.45, 2.75) is 118 Å². The SMILES string of the molecule is C/C(=C\[C@H](C(C)C)N(C)C(=O)[C@@H](NC(=O)[C@@H](N(C)C(=O)OC(C)(C)C)C(C)(C)c1cn(C)c2ccccc12)C(C)(C)C)C(=O)ON1C(=O)CCC1=O. The predicted octanol–water partition coefficient (Wildman–Crippen LogP) is 5.26. The molecular formula is C39H57N5O8. The molecule has 1 aromatic heterocycles. The number of aromatic nitrogens is 1. The molecule has 1 saturated heterocycles. The van der Waals surface area contributed by atoms with Crippen molar-refractivity contribution in [1.29, 1.82) is 0 Å². The van der Waals surface area contributed by atoms with Crippen molar-refractivity contribution in [2.24, 2.45) is 18.4 Å². The van der Waals surface area contributed by atoms with Gasteiger partial charge in [0.25, 0.3) is 11.8 Å². The zero-order valence-corrected chi connectivity index (χ0v) is 33.2. The minimum Gasteiger partial charge on any atom is -0.444 e. The average molecular weight is 724 g/mol. The van der Waals surface area contributed by atoms with E-state index in [0.717, 1.165) is 16.5 Å². The maximum absolute atomic E-state index is 14.7. The molecule has 0 aliphatic carbocycles. The molecule has 52 heavy (non-hydrogen) atoms. The molecule has 5 amide bonds. The lowest BCUT2D eigenvalue weighted by atomic mass is 9.76. The van der Waals surface area contributed by atoms with Crippen molar-refractivity contribution in [3.8, 4) is 0 Å². The van der Waals surface area contributed by atoms with Gasteiger partial charge >= 0.3 is 12.1 Å². The summed E-state index contributed by atoms with van der Waals surface area (Å²) in [7, 11) is 5.03. The Labute approximate surface area is 307 Å². The van der Waals surface area contributed by atoms with Crippen LogP contribution >= 0.6 is 0 Å². The molecule has 2 aromatic rings. The standard InChI is InChI=1S/C39H57N5O8/c1-23(2)28(21-24(3)35(49)52-44-29(45)19-20-30(44)46)42(13)34(48)31(37(4,5)6)40-33(47)32(43(14)36(50)51-38(7,8)9)39(10,11)26-22-41(12)27-18-16-15-17-25(26)27/h15-18,21-23,28,31-32H,19-20H2,1-14H3,(H,40,47)/b24-21+/t28-,31-,32-/m1/s1. The molecule has 0 spiro atoms. The molecule has 286 valence electrons. The number of ether oxygens (including phenoxy) is 1. The van der Waals surface area contributed by atoms with Gasteiger partial charge < -0.3 is 24.4 Å². The number of amides is 5. The summed E-state index contributed by atoms with van der Waals surface area (Å²) in [5.41, 5.74) is -0.715. The Hall–Kier alpha value is -4.68. The number of hydrogen-bond acceptors (Lipinski definition) is 8. The van der Waals surface area contributed by atoms with E-state index in [2.05, 4.69) is 5.32 Å². The summed E-state index contributed by atoms with van der Waals surface area (Å²) < 4.78 is 7.70. The van der Waals surface area contributed by atoms with E-state index in [-0.39, 0.29) is 24.3 Å². The summed E-state index contributed by atoms with van der Waals surface area (Å²) in [6.07, 6.45) is 2.75. The van der Waals surface area contributed by atoms with Crippen LogP contribution in [0.15, 0.2) is 42.1 Å². The van der Waals surface area contributed by atoms with Crippen LogP contribution in [-0.2, 0) is 46.0 Å². The molecule has 1 N–H and O–H groups in total. The molecular weight excluding hydrogens is 666 g/mol. The van der Waals surface area contributed by atoms with Gasteiger partial charge in [0.1, 0.15) is 17.7 Å². The third kappa shape index (κ3) is 9.21. The van der Waals surface area contributed by atoms with Gasteiger partial charge in [-0.05, 0) is 50.7 Å². The Morgan fingerprint density at radius 2 is 1.46 bits per heavy atom. The number of aryl methyl sites for hydroxylation is 1. The van der Waals surface area contributed by atoms with Crippen LogP contribution in [0.25, 0.3) is 10.9 Å². The van der Waals surface area contributed by atoms with Gasteiger partial charge in [-0.2, -0.15) is 0 Å². The highest BCUT2D eigenvalue weighted by atomic mass is 16.7. The summed E-state index contributed by atoms with van der Waals surface area (Å²) in [6.45, 7) is 19.8. The molecule has 0 saturated carbocycles. The van der Waals surface area contributed by atoms with E-state index < -0.39 is 70.2 Å². The summed E-state index contributed by atoms with van der Waals surface area (Å²) in [5.74, 6) is -3.25. The number of imide groups is 1. The quantitative estimate of drug-likeness (QED) is 0.244. The monoisotopic (exact) mass is 723 g/mol. The first-order valence-corrected chi connectivity index (χ1v) is 17.6. The highest BCUT2D eigenvalue weighted by Gasteiger charge is 2.47. The van der Waals surface area contributed by atoms with Gasteiger partial charge in [-0.3, -0.25) is 24.1 Å². The molecule has 3 rings (SSSR count). The third-order valence-corrected chi connectivity index (χ3v) is 9.39. The molecule has 1 fully saturated rings. The summed E-state index contributed by atoms with van der Waals surface area (Å²) in [5, 5.41) is 4.42. The van der Waals surface area contributed by atoms with Crippen LogP contribution in [0, 0.1) is 11.3 Å². The second-order valence-corrected chi connectivity index (χ2v) is 16.7. The lowest BCUT2D eigenvalue weighted by Crippen LogP contribution is -2.63. The summed E-state index contributed by atoms with van der Waals surface area (Å²) >= 11 is 0. The topological polar surface area (TPSA) is 148 Å². The van der Waals surface area contributed by atoms with Crippen LogP contribution in [0.2, 0.25) is 0 Å². The fraction of sp³-hybridized carbons (Fsp3) is 0.590. The number of para-hydroxylation sites is 1. The van der Waals surface area contributed by atoms with Crippen molar-refractivity contribution >= 4 is 46.6 Å². The average Bonchev–Trinajstić information content (AvgIpc) is 3.54. The van der Waals surface area contributed by atoms with E-state index in [1.165, 1.54) is 23.8 Å². The van der Waals surface area contributed by atoms with Gasteiger partial charge in [-0.25, -0.2) is 9.59 Å². The van der Waals surface area contributed by atoms with E-state index in [0.29, 0.717) is 5.06 Å². The van der Waals surface area contributed by atoms with Crippen LogP contribution in [0.5, 0.6) is 0 Å². The number of rotatable bonds is 11. The van der Waals surface area contributed by atoms with Crippen molar-refractivity contribution in [1.82, 2.24) is 24.7 Å². The van der Waals surface area contributed by atoms with Crippen LogP contribution in [-0.4, -0.2) is 92.9 Å². The Morgan fingerprint density at radius 1 is 0.904 bits per heavy atom. The number of nitrogens with zero attached hydrogens (tertiary/aromatic N) is 4. The Kier molecular flexibility index (Phi) is 12.4. The van der Waals surface area contributed by atoms with Crippen molar-refractivity contribution < 1.29 is 38.3 Å². The molecule has 0 radical (unpaired) electrons. The normalized spacial score (nSPS) is 16.1. The van der Waals surface area contributed by atoms with Gasteiger partial charge in [0, 0.05) is 62.1 Å². The zero-order valence-electron chi connectivity index (χ0n) is 33.2. The largest absolute Gasteiger partial charge is 0.444 e. The molecule has 0 bridgehead atoms. The molecule has 2 heterocycles. The number of carbonyl (C=O) groups is 6. The van der Waals surface area contributed by atoms with E-state index in [1.807, 2.05) is 90.5 Å². The van der Waals surface area contributed by atoms with Gasteiger partial charge in [0.2, 0.25) is 11.8 Å². The first-order valence-electron chi connectivity index (χ1n) is 17.6. The fourth-order valence-electron chi connectivity index (χ4n) is 6.54. The van der Waals surface area contributed by atoms with Crippen LogP contribution in [0.4, 0.5) is 4.79 Å². The van der Waals surface area contributed by atoms with Crippen molar-refractivity contribution in [3.63, 3.8) is 0 Å². The first-order chi connectivity index (χ1) is 23.8. The number of hydroxylamine groups is 2. The van der Waals surface area contributed by atoms with Crippen LogP contribution in [0.3, 0.4) is 0 Å².